The van der Waals surface area contributed by atoms with Crippen molar-refractivity contribution in [2.45, 2.75) is 25.6 Å². The van der Waals surface area contributed by atoms with Crippen LogP contribution in [-0.2, 0) is 6.54 Å². The molecule has 0 radical (unpaired) electrons. The lowest BCUT2D eigenvalue weighted by Crippen LogP contribution is -2.19. The van der Waals surface area contributed by atoms with Crippen molar-refractivity contribution in [3.8, 4) is 0 Å². The van der Waals surface area contributed by atoms with E-state index in [-0.39, 0.29) is 22.7 Å². The van der Waals surface area contributed by atoms with Crippen molar-refractivity contribution in [3.05, 3.63) is 74.5 Å². The summed E-state index contributed by atoms with van der Waals surface area (Å²) >= 11 is 11.7. The van der Waals surface area contributed by atoms with Gasteiger partial charge in [-0.05, 0) is 41.3 Å². The van der Waals surface area contributed by atoms with Crippen molar-refractivity contribution in [1.29, 1.82) is 0 Å². The predicted molar refractivity (Wildman–Crippen MR) is 93.3 cm³/mol. The molecule has 1 unspecified atom stereocenters. The number of aryl methyl sites for hydroxylation is 1. The molecule has 0 heterocycles. The summed E-state index contributed by atoms with van der Waals surface area (Å²) < 4.78 is 53.9. The molecule has 2 aromatic rings. The zero-order chi connectivity index (χ0) is 18.8. The molecule has 25 heavy (non-hydrogen) atoms. The summed E-state index contributed by atoms with van der Waals surface area (Å²) in [6.07, 6.45) is -2.24. The first-order chi connectivity index (χ1) is 11.6. The van der Waals surface area contributed by atoms with Gasteiger partial charge >= 0.3 is 6.18 Å². The fraction of sp³-hybridized carbons (Fsp3) is 0.222. The lowest BCUT2D eigenvalue weighted by atomic mass is 9.95. The highest BCUT2D eigenvalue weighted by molar-refractivity contribution is 6.31. The summed E-state index contributed by atoms with van der Waals surface area (Å²) in [4.78, 5) is 0. The van der Waals surface area contributed by atoms with Gasteiger partial charge in [-0.3, -0.25) is 0 Å². The van der Waals surface area contributed by atoms with E-state index in [9.17, 15) is 17.6 Å². The Hall–Kier alpha value is -1.56. The van der Waals surface area contributed by atoms with Gasteiger partial charge in [-0.2, -0.15) is 13.2 Å². The van der Waals surface area contributed by atoms with E-state index in [1.807, 2.05) is 0 Å². The summed E-state index contributed by atoms with van der Waals surface area (Å²) in [6.45, 7) is 1.61. The highest BCUT2D eigenvalue weighted by Crippen LogP contribution is 2.38. The number of benzene rings is 2. The SMILES string of the molecule is Cc1cc(C(/C=C/c2ccc(CN)c(Cl)c2)C(F)(F)F)cc(Cl)c1F. The molecule has 2 N–H and O–H groups in total. The van der Waals surface area contributed by atoms with E-state index in [2.05, 4.69) is 0 Å². The number of hydrogen-bond acceptors (Lipinski definition) is 1. The second-order valence-corrected chi connectivity index (χ2v) is 6.38. The fourth-order valence-corrected chi connectivity index (χ4v) is 2.92. The van der Waals surface area contributed by atoms with E-state index in [4.69, 9.17) is 28.9 Å². The summed E-state index contributed by atoms with van der Waals surface area (Å²) in [5, 5.41) is 0.0434. The number of rotatable bonds is 4. The summed E-state index contributed by atoms with van der Waals surface area (Å²) in [7, 11) is 0. The standard InChI is InChI=1S/C18H15Cl2F4N/c1-10-6-13(8-16(20)17(10)21)14(18(22,23)24)5-3-11-2-4-12(9-25)15(19)7-11/h2-8,14H,9,25H2,1H3/b5-3+. The van der Waals surface area contributed by atoms with Crippen LogP contribution >= 0.6 is 23.2 Å². The molecule has 0 aromatic heterocycles. The van der Waals surface area contributed by atoms with Crippen molar-refractivity contribution in [1.82, 2.24) is 0 Å². The lowest BCUT2D eigenvalue weighted by molar-refractivity contribution is -0.139. The first-order valence-electron chi connectivity index (χ1n) is 7.32. The Morgan fingerprint density at radius 2 is 1.80 bits per heavy atom. The molecule has 0 aliphatic heterocycles. The molecule has 0 saturated heterocycles. The molecule has 0 saturated carbocycles. The molecular formula is C18H15Cl2F4N. The van der Waals surface area contributed by atoms with E-state index in [1.165, 1.54) is 19.1 Å². The van der Waals surface area contributed by atoms with Crippen LogP contribution in [0.4, 0.5) is 17.6 Å². The largest absolute Gasteiger partial charge is 0.399 e. The van der Waals surface area contributed by atoms with E-state index < -0.39 is 17.9 Å². The Morgan fingerprint density at radius 3 is 2.32 bits per heavy atom. The van der Waals surface area contributed by atoms with Gasteiger partial charge in [0.05, 0.1) is 10.9 Å². The van der Waals surface area contributed by atoms with Gasteiger partial charge in [0.2, 0.25) is 0 Å². The number of nitrogens with two attached hydrogens (primary N) is 1. The molecule has 2 rings (SSSR count). The van der Waals surface area contributed by atoms with Crippen LogP contribution in [0.25, 0.3) is 6.08 Å². The van der Waals surface area contributed by atoms with Crippen LogP contribution < -0.4 is 5.73 Å². The predicted octanol–water partition coefficient (Wildman–Crippen LogP) is 6.26. The fourth-order valence-electron chi connectivity index (χ4n) is 2.38. The Labute approximate surface area is 153 Å². The first kappa shape index (κ1) is 19.8. The zero-order valence-electron chi connectivity index (χ0n) is 13.2. The van der Waals surface area contributed by atoms with E-state index in [1.54, 1.807) is 12.1 Å². The smallest absolute Gasteiger partial charge is 0.326 e. The topological polar surface area (TPSA) is 26.0 Å². The van der Waals surface area contributed by atoms with E-state index in [0.29, 0.717) is 16.1 Å². The Balaban J connectivity index is 2.41. The molecule has 0 bridgehead atoms. The van der Waals surface area contributed by atoms with Crippen LogP contribution in [0.3, 0.4) is 0 Å². The molecule has 1 nitrogen and oxygen atoms in total. The van der Waals surface area contributed by atoms with Crippen LogP contribution in [0.1, 0.15) is 28.2 Å². The van der Waals surface area contributed by atoms with Gasteiger partial charge in [-0.1, -0.05) is 53.6 Å². The van der Waals surface area contributed by atoms with Crippen molar-refractivity contribution < 1.29 is 17.6 Å². The van der Waals surface area contributed by atoms with Crippen molar-refractivity contribution in [2.75, 3.05) is 0 Å². The van der Waals surface area contributed by atoms with Gasteiger partial charge in [-0.15, -0.1) is 0 Å². The molecule has 1 atom stereocenters. The average Bonchev–Trinajstić information content (AvgIpc) is 2.51. The van der Waals surface area contributed by atoms with Gasteiger partial charge in [0.1, 0.15) is 5.82 Å². The maximum absolute atomic E-state index is 13.6. The molecule has 0 spiro atoms. The maximum atomic E-state index is 13.6. The second kappa shape index (κ2) is 7.77. The lowest BCUT2D eigenvalue weighted by Gasteiger charge is -2.18. The first-order valence-corrected chi connectivity index (χ1v) is 8.08. The molecule has 134 valence electrons. The highest BCUT2D eigenvalue weighted by Gasteiger charge is 2.39. The summed E-state index contributed by atoms with van der Waals surface area (Å²) in [5.41, 5.74) is 6.63. The Bertz CT molecular complexity index is 777. The van der Waals surface area contributed by atoms with Crippen LogP contribution in [0.2, 0.25) is 10.0 Å². The third-order valence-electron chi connectivity index (χ3n) is 3.72. The molecule has 7 heteroatoms. The molecule has 2 aromatic carbocycles. The third kappa shape index (κ3) is 4.75. The van der Waals surface area contributed by atoms with Gasteiger partial charge in [-0.25, -0.2) is 4.39 Å². The number of hydrogen-bond donors (Lipinski definition) is 1. The molecule has 0 aliphatic rings. The molecular weight excluding hydrogens is 377 g/mol. The molecule has 0 amide bonds. The van der Waals surface area contributed by atoms with Gasteiger partial charge in [0, 0.05) is 11.6 Å². The van der Waals surface area contributed by atoms with E-state index in [0.717, 1.165) is 18.2 Å². The van der Waals surface area contributed by atoms with Gasteiger partial charge in [0.15, 0.2) is 0 Å². The number of halogens is 6. The third-order valence-corrected chi connectivity index (χ3v) is 4.35. The Morgan fingerprint density at radius 1 is 1.12 bits per heavy atom. The molecule has 0 fully saturated rings. The molecule has 0 aliphatic carbocycles. The monoisotopic (exact) mass is 391 g/mol. The van der Waals surface area contributed by atoms with Crippen LogP contribution in [-0.4, -0.2) is 6.18 Å². The van der Waals surface area contributed by atoms with Crippen molar-refractivity contribution in [2.24, 2.45) is 5.73 Å². The number of allylic oxidation sites excluding steroid dienone is 1. The minimum absolute atomic E-state index is 0.0560. The summed E-state index contributed by atoms with van der Waals surface area (Å²) in [5.74, 6) is -2.64. The zero-order valence-corrected chi connectivity index (χ0v) is 14.7. The Kier molecular flexibility index (Phi) is 6.14. The quantitative estimate of drug-likeness (QED) is 0.611. The van der Waals surface area contributed by atoms with Gasteiger partial charge < -0.3 is 5.73 Å². The highest BCUT2D eigenvalue weighted by atomic mass is 35.5. The van der Waals surface area contributed by atoms with E-state index >= 15 is 0 Å². The summed E-state index contributed by atoms with van der Waals surface area (Å²) in [6, 6.07) is 6.96. The van der Waals surface area contributed by atoms with Crippen LogP contribution in [0.5, 0.6) is 0 Å². The number of alkyl halides is 3. The van der Waals surface area contributed by atoms with Crippen molar-refractivity contribution in [3.63, 3.8) is 0 Å². The van der Waals surface area contributed by atoms with Crippen LogP contribution in [0.15, 0.2) is 36.4 Å². The average molecular weight is 392 g/mol. The van der Waals surface area contributed by atoms with Crippen LogP contribution in [0, 0.1) is 12.7 Å². The van der Waals surface area contributed by atoms with Gasteiger partial charge in [0.25, 0.3) is 0 Å². The minimum Gasteiger partial charge on any atom is -0.326 e. The van der Waals surface area contributed by atoms with Crippen molar-refractivity contribution >= 4 is 29.3 Å². The maximum Gasteiger partial charge on any atom is 0.399 e. The second-order valence-electron chi connectivity index (χ2n) is 5.57. The minimum atomic E-state index is -4.55. The normalized spacial score (nSPS) is 13.4.